The number of imidazole rings is 1. The molecule has 0 spiro atoms. The molecule has 0 unspecified atom stereocenters. The number of sulfonamides is 1. The molecule has 7 heteroatoms. The van der Waals surface area contributed by atoms with Gasteiger partial charge in [0.25, 0.3) is 10.0 Å². The van der Waals surface area contributed by atoms with Gasteiger partial charge in [0.15, 0.2) is 5.03 Å². The second kappa shape index (κ2) is 6.64. The highest BCUT2D eigenvalue weighted by Gasteiger charge is 2.23. The van der Waals surface area contributed by atoms with Crippen LogP contribution >= 0.6 is 11.8 Å². The van der Waals surface area contributed by atoms with E-state index in [-0.39, 0.29) is 5.03 Å². The lowest BCUT2D eigenvalue weighted by Crippen LogP contribution is -2.26. The van der Waals surface area contributed by atoms with Crippen molar-refractivity contribution in [2.24, 2.45) is 0 Å². The first kappa shape index (κ1) is 16.1. The van der Waals surface area contributed by atoms with Crippen molar-refractivity contribution in [1.82, 2.24) is 14.3 Å². The minimum atomic E-state index is -3.53. The molecule has 1 aromatic heterocycles. The second-order valence-electron chi connectivity index (χ2n) is 4.66. The van der Waals surface area contributed by atoms with Crippen LogP contribution in [0, 0.1) is 0 Å². The number of benzene rings is 1. The molecule has 21 heavy (non-hydrogen) atoms. The SMILES string of the molecule is CCc1ncc(S(=O)(=O)N(C)Cc2ccc(SC)cc2)[nH]1. The molecule has 0 amide bonds. The standard InChI is InChI=1S/C14H19N3O2S2/c1-4-13-15-9-14(16-13)21(18,19)17(2)10-11-5-7-12(20-3)8-6-11/h5-9H,4,10H2,1-3H3,(H,15,16). The average molecular weight is 325 g/mol. The molecule has 2 rings (SSSR count). The third-order valence-corrected chi connectivity index (χ3v) is 5.65. The maximum atomic E-state index is 12.4. The van der Waals surface area contributed by atoms with Gasteiger partial charge in [-0.1, -0.05) is 19.1 Å². The number of aryl methyl sites for hydroxylation is 1. The van der Waals surface area contributed by atoms with Crippen molar-refractivity contribution in [3.05, 3.63) is 41.9 Å². The number of hydrogen-bond donors (Lipinski definition) is 1. The number of aromatic amines is 1. The molecule has 2 aromatic rings. The van der Waals surface area contributed by atoms with E-state index in [1.165, 1.54) is 10.5 Å². The van der Waals surface area contributed by atoms with Crippen molar-refractivity contribution in [3.63, 3.8) is 0 Å². The predicted molar refractivity (Wildman–Crippen MR) is 84.8 cm³/mol. The third kappa shape index (κ3) is 3.66. The number of nitrogens with one attached hydrogen (secondary N) is 1. The molecule has 0 aliphatic carbocycles. The van der Waals surface area contributed by atoms with Gasteiger partial charge in [0, 0.05) is 24.9 Å². The minimum Gasteiger partial charge on any atom is -0.332 e. The summed E-state index contributed by atoms with van der Waals surface area (Å²) in [5.41, 5.74) is 0.953. The largest absolute Gasteiger partial charge is 0.332 e. The fourth-order valence-corrected chi connectivity index (χ4v) is 3.39. The number of H-pyrrole nitrogens is 1. The first-order chi connectivity index (χ1) is 9.97. The zero-order valence-electron chi connectivity index (χ0n) is 12.3. The highest BCUT2D eigenvalue weighted by Crippen LogP contribution is 2.18. The highest BCUT2D eigenvalue weighted by molar-refractivity contribution is 7.98. The van der Waals surface area contributed by atoms with Crippen molar-refractivity contribution in [1.29, 1.82) is 0 Å². The van der Waals surface area contributed by atoms with E-state index in [4.69, 9.17) is 0 Å². The zero-order valence-corrected chi connectivity index (χ0v) is 14.0. The Morgan fingerprint density at radius 2 is 1.95 bits per heavy atom. The molecule has 0 aliphatic heterocycles. The summed E-state index contributed by atoms with van der Waals surface area (Å²) >= 11 is 1.66. The Kier molecular flexibility index (Phi) is 5.08. The van der Waals surface area contributed by atoms with Crippen molar-refractivity contribution in [3.8, 4) is 0 Å². The Bertz CT molecular complexity index is 693. The van der Waals surface area contributed by atoms with Gasteiger partial charge in [-0.25, -0.2) is 13.4 Å². The lowest BCUT2D eigenvalue weighted by Gasteiger charge is -2.16. The molecule has 0 aliphatic rings. The van der Waals surface area contributed by atoms with Crippen LogP contribution in [0.2, 0.25) is 0 Å². The fraction of sp³-hybridized carbons (Fsp3) is 0.357. The minimum absolute atomic E-state index is 0.141. The van der Waals surface area contributed by atoms with Crippen LogP contribution in [0.25, 0.3) is 0 Å². The smallest absolute Gasteiger partial charge is 0.260 e. The monoisotopic (exact) mass is 325 g/mol. The maximum absolute atomic E-state index is 12.4. The van der Waals surface area contributed by atoms with Gasteiger partial charge in [-0.2, -0.15) is 4.31 Å². The first-order valence-corrected chi connectivity index (χ1v) is 9.27. The lowest BCUT2D eigenvalue weighted by atomic mass is 10.2. The van der Waals surface area contributed by atoms with E-state index < -0.39 is 10.0 Å². The van der Waals surface area contributed by atoms with Gasteiger partial charge in [-0.15, -0.1) is 11.8 Å². The molecule has 1 aromatic carbocycles. The Balaban J connectivity index is 2.15. The average Bonchev–Trinajstić information content (AvgIpc) is 2.97. The molecule has 0 saturated heterocycles. The first-order valence-electron chi connectivity index (χ1n) is 6.60. The van der Waals surface area contributed by atoms with Crippen molar-refractivity contribution in [2.75, 3.05) is 13.3 Å². The van der Waals surface area contributed by atoms with Crippen LogP contribution in [0.3, 0.4) is 0 Å². The van der Waals surface area contributed by atoms with Crippen molar-refractivity contribution >= 4 is 21.8 Å². The van der Waals surface area contributed by atoms with Crippen LogP contribution in [0.5, 0.6) is 0 Å². The van der Waals surface area contributed by atoms with Crippen LogP contribution in [0.15, 0.2) is 40.4 Å². The summed E-state index contributed by atoms with van der Waals surface area (Å²) < 4.78 is 26.2. The third-order valence-electron chi connectivity index (χ3n) is 3.19. The van der Waals surface area contributed by atoms with Gasteiger partial charge in [-0.05, 0) is 24.0 Å². The molecule has 1 heterocycles. The molecule has 1 N–H and O–H groups in total. The molecular weight excluding hydrogens is 306 g/mol. The molecule has 0 bridgehead atoms. The molecule has 0 atom stereocenters. The lowest BCUT2D eigenvalue weighted by molar-refractivity contribution is 0.464. The van der Waals surface area contributed by atoms with Gasteiger partial charge in [0.05, 0.1) is 6.20 Å². The normalized spacial score (nSPS) is 12.0. The topological polar surface area (TPSA) is 66.1 Å². The van der Waals surface area contributed by atoms with Crippen molar-refractivity contribution in [2.45, 2.75) is 29.8 Å². The fourth-order valence-electron chi connectivity index (χ4n) is 1.90. The summed E-state index contributed by atoms with van der Waals surface area (Å²) in [7, 11) is -1.96. The number of thioether (sulfide) groups is 1. The Morgan fingerprint density at radius 3 is 2.48 bits per heavy atom. The Hall–Kier alpha value is -1.31. The van der Waals surface area contributed by atoms with Crippen LogP contribution in [-0.4, -0.2) is 36.0 Å². The number of nitrogens with zero attached hydrogens (tertiary/aromatic N) is 2. The number of hydrogen-bond acceptors (Lipinski definition) is 4. The Labute approximate surface area is 129 Å². The van der Waals surface area contributed by atoms with Gasteiger partial charge in [-0.3, -0.25) is 0 Å². The molecule has 114 valence electrons. The number of aromatic nitrogens is 2. The molecular formula is C14H19N3O2S2. The summed E-state index contributed by atoms with van der Waals surface area (Å²) in [6, 6.07) is 7.88. The van der Waals surface area contributed by atoms with Crippen LogP contribution < -0.4 is 0 Å². The maximum Gasteiger partial charge on any atom is 0.260 e. The Morgan fingerprint density at radius 1 is 1.29 bits per heavy atom. The van der Waals surface area contributed by atoms with Crippen molar-refractivity contribution < 1.29 is 8.42 Å². The van der Waals surface area contributed by atoms with Crippen LogP contribution in [0.4, 0.5) is 0 Å². The molecule has 0 saturated carbocycles. The van der Waals surface area contributed by atoms with E-state index in [2.05, 4.69) is 9.97 Å². The molecule has 0 fully saturated rings. The van der Waals surface area contributed by atoms with E-state index in [0.29, 0.717) is 18.8 Å². The van der Waals surface area contributed by atoms with E-state index >= 15 is 0 Å². The van der Waals surface area contributed by atoms with Gasteiger partial charge in [0.2, 0.25) is 0 Å². The highest BCUT2D eigenvalue weighted by atomic mass is 32.2. The van der Waals surface area contributed by atoms with E-state index in [1.807, 2.05) is 37.4 Å². The summed E-state index contributed by atoms with van der Waals surface area (Å²) in [5.74, 6) is 0.672. The summed E-state index contributed by atoms with van der Waals surface area (Å²) in [5, 5.41) is 0.141. The number of rotatable bonds is 6. The second-order valence-corrected chi connectivity index (χ2v) is 7.55. The van der Waals surface area contributed by atoms with Gasteiger partial charge < -0.3 is 4.98 Å². The van der Waals surface area contributed by atoms with Crippen LogP contribution in [-0.2, 0) is 23.0 Å². The van der Waals surface area contributed by atoms with Gasteiger partial charge in [0.1, 0.15) is 5.82 Å². The summed E-state index contributed by atoms with van der Waals surface area (Å²) in [6.07, 6.45) is 4.06. The predicted octanol–water partition coefficient (Wildman–Crippen LogP) is 2.51. The van der Waals surface area contributed by atoms with E-state index in [9.17, 15) is 8.42 Å². The summed E-state index contributed by atoms with van der Waals surface area (Å²) in [6.45, 7) is 2.25. The summed E-state index contributed by atoms with van der Waals surface area (Å²) in [4.78, 5) is 8.05. The molecule has 0 radical (unpaired) electrons. The quantitative estimate of drug-likeness (QED) is 0.829. The van der Waals surface area contributed by atoms with E-state index in [0.717, 1.165) is 10.5 Å². The van der Waals surface area contributed by atoms with Crippen LogP contribution in [0.1, 0.15) is 18.3 Å². The molecule has 5 nitrogen and oxygen atoms in total. The van der Waals surface area contributed by atoms with Gasteiger partial charge >= 0.3 is 0 Å². The zero-order chi connectivity index (χ0) is 15.5. The van der Waals surface area contributed by atoms with E-state index in [1.54, 1.807) is 18.8 Å².